The Labute approximate surface area is 143 Å². The van der Waals surface area contributed by atoms with Crippen molar-refractivity contribution in [2.45, 2.75) is 38.5 Å². The number of ether oxygens (including phenoxy) is 3. The molecular weight excluding hydrogens is 304 g/mol. The third-order valence-electron chi connectivity index (χ3n) is 5.37. The van der Waals surface area contributed by atoms with E-state index in [4.69, 9.17) is 14.2 Å². The molecule has 1 unspecified atom stereocenters. The summed E-state index contributed by atoms with van der Waals surface area (Å²) >= 11 is 0. The van der Waals surface area contributed by atoms with E-state index in [0.717, 1.165) is 24.0 Å². The zero-order chi connectivity index (χ0) is 17.1. The maximum absolute atomic E-state index is 12.8. The largest absolute Gasteiger partial charge is 0.493 e. The van der Waals surface area contributed by atoms with Gasteiger partial charge in [-0.2, -0.15) is 0 Å². The summed E-state index contributed by atoms with van der Waals surface area (Å²) in [5.41, 5.74) is 1.85. The van der Waals surface area contributed by atoms with Crippen molar-refractivity contribution in [3.63, 3.8) is 0 Å². The number of hydrogen-bond donors (Lipinski definition) is 0. The summed E-state index contributed by atoms with van der Waals surface area (Å²) in [5, 5.41) is 0. The van der Waals surface area contributed by atoms with E-state index < -0.39 is 0 Å². The molecule has 2 saturated carbocycles. The molecule has 0 aromatic heterocycles. The van der Waals surface area contributed by atoms with Crippen molar-refractivity contribution in [1.29, 1.82) is 0 Å². The van der Waals surface area contributed by atoms with Crippen LogP contribution in [-0.4, -0.2) is 27.1 Å². The van der Waals surface area contributed by atoms with Gasteiger partial charge in [0.2, 0.25) is 5.75 Å². The normalized spacial score (nSPS) is 23.0. The third-order valence-corrected chi connectivity index (χ3v) is 5.37. The van der Waals surface area contributed by atoms with Crippen molar-refractivity contribution in [3.8, 4) is 17.2 Å². The summed E-state index contributed by atoms with van der Waals surface area (Å²) in [6.07, 6.45) is 8.85. The van der Waals surface area contributed by atoms with Crippen molar-refractivity contribution in [2.24, 2.45) is 11.8 Å². The molecule has 1 atom stereocenters. The van der Waals surface area contributed by atoms with Crippen LogP contribution < -0.4 is 14.2 Å². The Morgan fingerprint density at radius 1 is 0.958 bits per heavy atom. The van der Waals surface area contributed by atoms with Crippen LogP contribution in [0, 0.1) is 11.8 Å². The van der Waals surface area contributed by atoms with Gasteiger partial charge in [0.05, 0.1) is 21.3 Å². The van der Waals surface area contributed by atoms with Crippen LogP contribution in [0.25, 0.3) is 6.08 Å². The third kappa shape index (κ3) is 3.14. The SMILES string of the molecule is COc1cc(/C=C2\CCC(C3CCCC3)C2=O)cc(OC)c1OC. The van der Waals surface area contributed by atoms with E-state index in [9.17, 15) is 4.79 Å². The number of Topliss-reactive ketones (excluding diaryl/α,β-unsaturated/α-hetero) is 1. The second-order valence-corrected chi connectivity index (χ2v) is 6.68. The summed E-state index contributed by atoms with van der Waals surface area (Å²) in [4.78, 5) is 12.8. The van der Waals surface area contributed by atoms with Gasteiger partial charge >= 0.3 is 0 Å². The maximum atomic E-state index is 12.8. The van der Waals surface area contributed by atoms with Gasteiger partial charge in [-0.05, 0) is 60.9 Å². The summed E-state index contributed by atoms with van der Waals surface area (Å²) in [7, 11) is 4.79. The first kappa shape index (κ1) is 16.9. The zero-order valence-corrected chi connectivity index (χ0v) is 14.8. The molecule has 0 spiro atoms. The highest BCUT2D eigenvalue weighted by molar-refractivity contribution is 6.03. The Kier molecular flexibility index (Phi) is 5.12. The lowest BCUT2D eigenvalue weighted by Gasteiger charge is -2.15. The van der Waals surface area contributed by atoms with Crippen molar-refractivity contribution in [2.75, 3.05) is 21.3 Å². The molecule has 1 aromatic rings. The van der Waals surface area contributed by atoms with E-state index in [1.165, 1.54) is 25.7 Å². The molecule has 2 fully saturated rings. The molecule has 24 heavy (non-hydrogen) atoms. The van der Waals surface area contributed by atoms with Gasteiger partial charge in [-0.1, -0.05) is 12.8 Å². The van der Waals surface area contributed by atoms with Crippen LogP contribution in [-0.2, 0) is 4.79 Å². The molecule has 0 radical (unpaired) electrons. The molecule has 4 nitrogen and oxygen atoms in total. The lowest BCUT2D eigenvalue weighted by molar-refractivity contribution is -0.119. The highest BCUT2D eigenvalue weighted by atomic mass is 16.5. The second-order valence-electron chi connectivity index (χ2n) is 6.68. The minimum atomic E-state index is 0.237. The van der Waals surface area contributed by atoms with Crippen LogP contribution in [0.3, 0.4) is 0 Å². The van der Waals surface area contributed by atoms with Crippen LogP contribution in [0.5, 0.6) is 17.2 Å². The molecule has 0 bridgehead atoms. The minimum Gasteiger partial charge on any atom is -0.493 e. The topological polar surface area (TPSA) is 44.8 Å². The van der Waals surface area contributed by atoms with E-state index >= 15 is 0 Å². The lowest BCUT2D eigenvalue weighted by atomic mass is 9.88. The molecule has 4 heteroatoms. The predicted octanol–water partition coefficient (Wildman–Crippen LogP) is 4.27. The predicted molar refractivity (Wildman–Crippen MR) is 93.8 cm³/mol. The molecular formula is C20H26O4. The van der Waals surface area contributed by atoms with Crippen LogP contribution in [0.15, 0.2) is 17.7 Å². The quantitative estimate of drug-likeness (QED) is 0.757. The van der Waals surface area contributed by atoms with E-state index in [2.05, 4.69) is 0 Å². The number of benzene rings is 1. The van der Waals surface area contributed by atoms with Gasteiger partial charge in [0, 0.05) is 5.92 Å². The molecule has 130 valence electrons. The summed E-state index contributed by atoms with van der Waals surface area (Å²) in [6.45, 7) is 0. The number of hydrogen-bond acceptors (Lipinski definition) is 4. The Morgan fingerprint density at radius 3 is 2.12 bits per heavy atom. The summed E-state index contributed by atoms with van der Waals surface area (Å²) < 4.78 is 16.1. The molecule has 0 N–H and O–H groups in total. The van der Waals surface area contributed by atoms with Crippen LogP contribution in [0.2, 0.25) is 0 Å². The molecule has 2 aliphatic carbocycles. The first-order valence-corrected chi connectivity index (χ1v) is 8.72. The van der Waals surface area contributed by atoms with Crippen molar-refractivity contribution >= 4 is 11.9 Å². The van der Waals surface area contributed by atoms with E-state index in [1.54, 1.807) is 21.3 Å². The number of allylic oxidation sites excluding steroid dienone is 1. The molecule has 3 rings (SSSR count). The van der Waals surface area contributed by atoms with Gasteiger partial charge in [0.25, 0.3) is 0 Å². The standard InChI is InChI=1S/C20H26O4/c1-22-17-11-13(12-18(23-2)20(17)24-3)10-15-8-9-16(19(15)21)14-6-4-5-7-14/h10-12,14,16H,4-9H2,1-3H3/b15-10+. The molecule has 0 aliphatic heterocycles. The second kappa shape index (κ2) is 7.29. The molecule has 0 heterocycles. The first-order valence-electron chi connectivity index (χ1n) is 8.72. The monoisotopic (exact) mass is 330 g/mol. The highest BCUT2D eigenvalue weighted by Crippen LogP contribution is 2.42. The van der Waals surface area contributed by atoms with Gasteiger partial charge in [-0.3, -0.25) is 4.79 Å². The van der Waals surface area contributed by atoms with Gasteiger partial charge in [-0.15, -0.1) is 0 Å². The summed E-state index contributed by atoms with van der Waals surface area (Å²) in [5.74, 6) is 2.98. The summed E-state index contributed by atoms with van der Waals surface area (Å²) in [6, 6.07) is 3.79. The molecule has 1 aromatic carbocycles. The molecule has 0 saturated heterocycles. The smallest absolute Gasteiger partial charge is 0.203 e. The fourth-order valence-corrected chi connectivity index (χ4v) is 4.14. The number of methoxy groups -OCH3 is 3. The Morgan fingerprint density at radius 2 is 1.58 bits per heavy atom. The number of ketones is 1. The molecule has 0 amide bonds. The van der Waals surface area contributed by atoms with Gasteiger partial charge in [0.1, 0.15) is 0 Å². The van der Waals surface area contributed by atoms with Crippen molar-refractivity contribution < 1.29 is 19.0 Å². The number of carbonyl (C=O) groups excluding carboxylic acids is 1. The van der Waals surface area contributed by atoms with Crippen LogP contribution in [0.1, 0.15) is 44.1 Å². The fraction of sp³-hybridized carbons (Fsp3) is 0.550. The highest BCUT2D eigenvalue weighted by Gasteiger charge is 2.36. The van der Waals surface area contributed by atoms with E-state index in [1.807, 2.05) is 18.2 Å². The lowest BCUT2D eigenvalue weighted by Crippen LogP contribution is -2.16. The zero-order valence-electron chi connectivity index (χ0n) is 14.8. The van der Waals surface area contributed by atoms with Gasteiger partial charge < -0.3 is 14.2 Å². The number of rotatable bonds is 5. The van der Waals surface area contributed by atoms with Gasteiger partial charge in [-0.25, -0.2) is 0 Å². The Balaban J connectivity index is 1.87. The van der Waals surface area contributed by atoms with Gasteiger partial charge in [0.15, 0.2) is 17.3 Å². The Bertz CT molecular complexity index is 616. The first-order chi connectivity index (χ1) is 11.7. The minimum absolute atomic E-state index is 0.237. The maximum Gasteiger partial charge on any atom is 0.203 e. The van der Waals surface area contributed by atoms with Crippen LogP contribution in [0.4, 0.5) is 0 Å². The average molecular weight is 330 g/mol. The van der Waals surface area contributed by atoms with Crippen molar-refractivity contribution in [3.05, 3.63) is 23.3 Å². The van der Waals surface area contributed by atoms with Crippen LogP contribution >= 0.6 is 0 Å². The average Bonchev–Trinajstić information content (AvgIpc) is 3.24. The van der Waals surface area contributed by atoms with E-state index in [0.29, 0.717) is 28.9 Å². The van der Waals surface area contributed by atoms with E-state index in [-0.39, 0.29) is 5.92 Å². The Hall–Kier alpha value is -1.97. The number of carbonyl (C=O) groups is 1. The molecule has 2 aliphatic rings. The fourth-order valence-electron chi connectivity index (χ4n) is 4.14. The van der Waals surface area contributed by atoms with Crippen molar-refractivity contribution in [1.82, 2.24) is 0 Å².